The van der Waals surface area contributed by atoms with Crippen molar-refractivity contribution in [1.82, 2.24) is 0 Å². The van der Waals surface area contributed by atoms with Gasteiger partial charge in [-0.25, -0.2) is 13.6 Å². The minimum Gasteiger partial charge on any atom is -0.469 e. The largest absolute Gasteiger partial charge is 0.469 e. The highest BCUT2D eigenvalue weighted by atomic mass is 79.9. The van der Waals surface area contributed by atoms with Crippen LogP contribution in [-0.2, 0) is 16.4 Å². The summed E-state index contributed by atoms with van der Waals surface area (Å²) in [5, 5.41) is 8.56. The molecule has 0 aliphatic heterocycles. The Morgan fingerprint density at radius 2 is 2.14 bits per heavy atom. The Kier molecular flexibility index (Phi) is 3.81. The molecule has 0 amide bonds. The van der Waals surface area contributed by atoms with E-state index in [1.54, 1.807) is 12.3 Å². The summed E-state index contributed by atoms with van der Waals surface area (Å²) in [4.78, 5) is 0.0903. The van der Waals surface area contributed by atoms with Gasteiger partial charge in [-0.3, -0.25) is 0 Å². The second kappa shape index (κ2) is 5.47. The normalized spacial score (nSPS) is 18.3. The quantitative estimate of drug-likeness (QED) is 0.868. The van der Waals surface area contributed by atoms with Gasteiger partial charge in [0.05, 0.1) is 17.2 Å². The summed E-state index contributed by atoms with van der Waals surface area (Å²) in [6.07, 6.45) is 4.75. The van der Waals surface area contributed by atoms with Crippen molar-refractivity contribution in [2.45, 2.75) is 30.2 Å². The first-order valence-corrected chi connectivity index (χ1v) is 8.94. The van der Waals surface area contributed by atoms with Crippen molar-refractivity contribution in [2.75, 3.05) is 5.32 Å². The summed E-state index contributed by atoms with van der Waals surface area (Å²) in [7, 11) is -3.69. The van der Waals surface area contributed by atoms with Gasteiger partial charge >= 0.3 is 0 Å². The van der Waals surface area contributed by atoms with Crippen LogP contribution in [0.3, 0.4) is 0 Å². The van der Waals surface area contributed by atoms with E-state index in [4.69, 9.17) is 9.56 Å². The third-order valence-corrected chi connectivity index (χ3v) is 5.22. The van der Waals surface area contributed by atoms with Crippen LogP contribution in [0.1, 0.15) is 30.2 Å². The molecule has 1 aliphatic carbocycles. The van der Waals surface area contributed by atoms with Crippen LogP contribution in [0.4, 0.5) is 5.69 Å². The van der Waals surface area contributed by atoms with Crippen LogP contribution in [0.25, 0.3) is 0 Å². The van der Waals surface area contributed by atoms with E-state index in [0.29, 0.717) is 4.47 Å². The van der Waals surface area contributed by atoms with Gasteiger partial charge in [0.2, 0.25) is 10.0 Å². The maximum atomic E-state index is 11.3. The van der Waals surface area contributed by atoms with Crippen LogP contribution in [0.15, 0.2) is 44.3 Å². The number of anilines is 1. The van der Waals surface area contributed by atoms with Gasteiger partial charge in [0, 0.05) is 22.1 Å². The van der Waals surface area contributed by atoms with E-state index in [0.717, 1.165) is 30.7 Å². The molecule has 0 radical (unpaired) electrons. The zero-order chi connectivity index (χ0) is 15.0. The van der Waals surface area contributed by atoms with E-state index in [9.17, 15) is 8.42 Å². The number of furan rings is 1. The van der Waals surface area contributed by atoms with Crippen LogP contribution in [0.5, 0.6) is 0 Å². The van der Waals surface area contributed by atoms with E-state index in [2.05, 4.69) is 21.2 Å². The van der Waals surface area contributed by atoms with Gasteiger partial charge in [-0.05, 0) is 53.0 Å². The molecule has 3 rings (SSSR count). The standard InChI is InChI=1S/C14H15BrN2O3S/c15-11-8-9(21(16,18)19)4-5-13(11)17-12-2-1-3-14-10(12)6-7-20-14/h4-8,12,17H,1-3H2,(H2,16,18,19). The molecule has 3 N–H and O–H groups in total. The molecule has 1 aromatic carbocycles. The van der Waals surface area contributed by atoms with Crippen LogP contribution >= 0.6 is 15.9 Å². The molecule has 21 heavy (non-hydrogen) atoms. The van der Waals surface area contributed by atoms with Crippen LogP contribution in [0, 0.1) is 0 Å². The monoisotopic (exact) mass is 370 g/mol. The minimum absolute atomic E-state index is 0.0903. The van der Waals surface area contributed by atoms with Crippen LogP contribution < -0.4 is 10.5 Å². The smallest absolute Gasteiger partial charge is 0.238 e. The number of primary sulfonamides is 1. The molecule has 2 aromatic rings. The number of hydrogen-bond acceptors (Lipinski definition) is 4. The van der Waals surface area contributed by atoms with Crippen molar-refractivity contribution in [3.63, 3.8) is 0 Å². The third-order valence-electron chi connectivity index (χ3n) is 3.65. The number of rotatable bonds is 3. The van der Waals surface area contributed by atoms with Gasteiger partial charge < -0.3 is 9.73 Å². The SMILES string of the molecule is NS(=O)(=O)c1ccc(NC2CCCc3occc32)c(Br)c1. The van der Waals surface area contributed by atoms with E-state index >= 15 is 0 Å². The average molecular weight is 371 g/mol. The fraction of sp³-hybridized carbons (Fsp3) is 0.286. The van der Waals surface area contributed by atoms with E-state index in [-0.39, 0.29) is 10.9 Å². The summed E-state index contributed by atoms with van der Waals surface area (Å²) in [6, 6.07) is 6.89. The zero-order valence-corrected chi connectivity index (χ0v) is 13.6. The number of fused-ring (bicyclic) bond motifs is 1. The molecular formula is C14H15BrN2O3S. The number of hydrogen-bond donors (Lipinski definition) is 2. The molecule has 1 aromatic heterocycles. The Morgan fingerprint density at radius 3 is 2.86 bits per heavy atom. The fourth-order valence-corrected chi connectivity index (χ4v) is 3.80. The first-order valence-electron chi connectivity index (χ1n) is 6.60. The van der Waals surface area contributed by atoms with Gasteiger partial charge in [-0.15, -0.1) is 0 Å². The number of nitrogens with two attached hydrogens (primary N) is 1. The average Bonchev–Trinajstić information content (AvgIpc) is 2.89. The molecule has 1 unspecified atom stereocenters. The molecule has 0 spiro atoms. The number of halogens is 1. The van der Waals surface area contributed by atoms with E-state index in [1.165, 1.54) is 17.7 Å². The molecule has 1 aliphatic rings. The lowest BCUT2D eigenvalue weighted by Gasteiger charge is -2.24. The molecule has 1 atom stereocenters. The number of aryl methyl sites for hydroxylation is 1. The predicted octanol–water partition coefficient (Wildman–Crippen LogP) is 3.18. The maximum absolute atomic E-state index is 11.3. The Hall–Kier alpha value is -1.31. The Morgan fingerprint density at radius 1 is 1.33 bits per heavy atom. The highest BCUT2D eigenvalue weighted by molar-refractivity contribution is 9.10. The highest BCUT2D eigenvalue weighted by Gasteiger charge is 2.23. The Labute approximate surface area is 131 Å². The molecule has 0 bridgehead atoms. The van der Waals surface area contributed by atoms with E-state index < -0.39 is 10.0 Å². The Balaban J connectivity index is 1.87. The lowest BCUT2D eigenvalue weighted by atomic mass is 9.93. The maximum Gasteiger partial charge on any atom is 0.238 e. The molecular weight excluding hydrogens is 356 g/mol. The number of sulfonamides is 1. The minimum atomic E-state index is -3.69. The van der Waals surface area contributed by atoms with Crippen LogP contribution in [0.2, 0.25) is 0 Å². The van der Waals surface area contributed by atoms with Crippen LogP contribution in [-0.4, -0.2) is 8.42 Å². The predicted molar refractivity (Wildman–Crippen MR) is 83.5 cm³/mol. The fourth-order valence-electron chi connectivity index (χ4n) is 2.61. The topological polar surface area (TPSA) is 85.3 Å². The third kappa shape index (κ3) is 3.00. The highest BCUT2D eigenvalue weighted by Crippen LogP contribution is 2.35. The lowest BCUT2D eigenvalue weighted by molar-refractivity contribution is 0.461. The summed E-state index contributed by atoms with van der Waals surface area (Å²) >= 11 is 3.39. The number of nitrogens with one attached hydrogen (secondary N) is 1. The van der Waals surface area contributed by atoms with Crippen molar-refractivity contribution in [3.05, 3.63) is 46.3 Å². The van der Waals surface area contributed by atoms with Gasteiger partial charge in [-0.1, -0.05) is 0 Å². The molecule has 7 heteroatoms. The van der Waals surface area contributed by atoms with Gasteiger partial charge in [0.25, 0.3) is 0 Å². The summed E-state index contributed by atoms with van der Waals surface area (Å²) in [5.74, 6) is 1.02. The van der Waals surface area contributed by atoms with Crippen molar-refractivity contribution in [2.24, 2.45) is 5.14 Å². The van der Waals surface area contributed by atoms with Crippen molar-refractivity contribution >= 4 is 31.6 Å². The van der Waals surface area contributed by atoms with Crippen molar-refractivity contribution < 1.29 is 12.8 Å². The second-order valence-electron chi connectivity index (χ2n) is 5.07. The first kappa shape index (κ1) is 14.6. The molecule has 1 heterocycles. The number of benzene rings is 1. The van der Waals surface area contributed by atoms with Gasteiger partial charge in [0.1, 0.15) is 5.76 Å². The van der Waals surface area contributed by atoms with Gasteiger partial charge in [0.15, 0.2) is 0 Å². The molecule has 5 nitrogen and oxygen atoms in total. The summed E-state index contributed by atoms with van der Waals surface area (Å²) in [6.45, 7) is 0. The summed E-state index contributed by atoms with van der Waals surface area (Å²) in [5.41, 5.74) is 2.00. The molecule has 0 saturated heterocycles. The Bertz CT molecular complexity index is 770. The summed E-state index contributed by atoms with van der Waals surface area (Å²) < 4.78 is 28.8. The van der Waals surface area contributed by atoms with Crippen molar-refractivity contribution in [1.29, 1.82) is 0 Å². The van der Waals surface area contributed by atoms with Crippen molar-refractivity contribution in [3.8, 4) is 0 Å². The molecule has 112 valence electrons. The molecule has 0 saturated carbocycles. The van der Waals surface area contributed by atoms with Gasteiger partial charge in [-0.2, -0.15) is 0 Å². The lowest BCUT2D eigenvalue weighted by Crippen LogP contribution is -2.16. The second-order valence-corrected chi connectivity index (χ2v) is 7.49. The first-order chi connectivity index (χ1) is 9.95. The zero-order valence-electron chi connectivity index (χ0n) is 11.2. The molecule has 0 fully saturated rings. The van der Waals surface area contributed by atoms with E-state index in [1.807, 2.05) is 6.07 Å².